The van der Waals surface area contributed by atoms with E-state index in [2.05, 4.69) is 0 Å². The summed E-state index contributed by atoms with van der Waals surface area (Å²) in [5.41, 5.74) is 1.24. The zero-order valence-electron chi connectivity index (χ0n) is 12.6. The quantitative estimate of drug-likeness (QED) is 0.926. The zero-order chi connectivity index (χ0) is 15.7. The van der Waals surface area contributed by atoms with Crippen molar-refractivity contribution in [2.75, 3.05) is 5.75 Å². The number of aryl methyl sites for hydroxylation is 1. The molecule has 0 bridgehead atoms. The van der Waals surface area contributed by atoms with E-state index < -0.39 is 15.8 Å². The molecule has 0 saturated carbocycles. The fourth-order valence-electron chi connectivity index (χ4n) is 1.82. The molecule has 0 aliphatic heterocycles. The normalized spacial score (nSPS) is 12.4. The Morgan fingerprint density at radius 2 is 1.75 bits per heavy atom. The second-order valence-electron chi connectivity index (χ2n) is 6.35. The highest BCUT2D eigenvalue weighted by atomic mass is 32.2. The van der Waals surface area contributed by atoms with Crippen LogP contribution in [0.2, 0.25) is 0 Å². The van der Waals surface area contributed by atoms with E-state index in [-0.39, 0.29) is 21.6 Å². The lowest BCUT2D eigenvalue weighted by molar-refractivity contribution is 0.0696. The molecule has 112 valence electrons. The molecule has 0 aliphatic carbocycles. The van der Waals surface area contributed by atoms with E-state index in [1.54, 1.807) is 13.8 Å². The van der Waals surface area contributed by atoms with E-state index in [4.69, 9.17) is 5.11 Å². The Labute approximate surface area is 120 Å². The lowest BCUT2D eigenvalue weighted by atomic mass is 9.94. The molecule has 0 aromatic heterocycles. The Balaban J connectivity index is 3.27. The van der Waals surface area contributed by atoms with Crippen molar-refractivity contribution >= 4 is 15.8 Å². The number of hydrogen-bond donors (Lipinski definition) is 1. The van der Waals surface area contributed by atoms with Gasteiger partial charge in [0.2, 0.25) is 0 Å². The van der Waals surface area contributed by atoms with Crippen molar-refractivity contribution in [3.63, 3.8) is 0 Å². The summed E-state index contributed by atoms with van der Waals surface area (Å²) in [4.78, 5) is 11.2. The Morgan fingerprint density at radius 3 is 2.20 bits per heavy atom. The van der Waals surface area contributed by atoms with Gasteiger partial charge in [-0.1, -0.05) is 20.8 Å². The Kier molecular flexibility index (Phi) is 4.64. The van der Waals surface area contributed by atoms with Crippen molar-refractivity contribution in [2.24, 2.45) is 5.41 Å². The number of benzene rings is 1. The largest absolute Gasteiger partial charge is 0.478 e. The minimum atomic E-state index is -3.47. The summed E-state index contributed by atoms with van der Waals surface area (Å²) in [6.45, 7) is 9.38. The maximum Gasteiger partial charge on any atom is 0.335 e. The first-order valence-corrected chi connectivity index (χ1v) is 8.16. The van der Waals surface area contributed by atoms with Gasteiger partial charge in [-0.2, -0.15) is 0 Å². The van der Waals surface area contributed by atoms with E-state index in [0.29, 0.717) is 17.5 Å². The lowest BCUT2D eigenvalue weighted by Crippen LogP contribution is -2.16. The third-order valence-electron chi connectivity index (χ3n) is 3.32. The van der Waals surface area contributed by atoms with Crippen LogP contribution >= 0.6 is 0 Å². The van der Waals surface area contributed by atoms with Crippen molar-refractivity contribution < 1.29 is 18.3 Å². The van der Waals surface area contributed by atoms with Crippen LogP contribution in [0.15, 0.2) is 17.0 Å². The van der Waals surface area contributed by atoms with Crippen LogP contribution in [0.4, 0.5) is 0 Å². The molecule has 0 radical (unpaired) electrons. The van der Waals surface area contributed by atoms with Crippen LogP contribution in [0, 0.1) is 19.3 Å². The summed E-state index contributed by atoms with van der Waals surface area (Å²) < 4.78 is 24.9. The van der Waals surface area contributed by atoms with Crippen LogP contribution < -0.4 is 0 Å². The van der Waals surface area contributed by atoms with Crippen LogP contribution in [0.25, 0.3) is 0 Å². The second-order valence-corrected chi connectivity index (χ2v) is 8.43. The van der Waals surface area contributed by atoms with Gasteiger partial charge in [0, 0.05) is 0 Å². The number of carboxylic acids is 1. The minimum absolute atomic E-state index is 0.0161. The molecule has 1 aromatic rings. The summed E-state index contributed by atoms with van der Waals surface area (Å²) in [5.74, 6) is -1.08. The first kappa shape index (κ1) is 16.7. The van der Waals surface area contributed by atoms with E-state index in [1.807, 2.05) is 20.8 Å². The summed E-state index contributed by atoms with van der Waals surface area (Å²) in [6.07, 6.45) is 0.533. The fraction of sp³-hybridized carbons (Fsp3) is 0.533. The molecule has 1 aromatic carbocycles. The molecule has 20 heavy (non-hydrogen) atoms. The number of sulfone groups is 1. The minimum Gasteiger partial charge on any atom is -0.478 e. The van der Waals surface area contributed by atoms with Gasteiger partial charge in [-0.25, -0.2) is 13.2 Å². The Bertz CT molecular complexity index is 622. The van der Waals surface area contributed by atoms with Crippen LogP contribution in [-0.2, 0) is 9.84 Å². The molecule has 1 N–H and O–H groups in total. The molecule has 0 heterocycles. The van der Waals surface area contributed by atoms with Crippen molar-refractivity contribution in [1.29, 1.82) is 0 Å². The van der Waals surface area contributed by atoms with Gasteiger partial charge in [-0.15, -0.1) is 0 Å². The van der Waals surface area contributed by atoms with Crippen molar-refractivity contribution in [3.8, 4) is 0 Å². The second kappa shape index (κ2) is 5.56. The summed E-state index contributed by atoms with van der Waals surface area (Å²) in [7, 11) is -3.47. The van der Waals surface area contributed by atoms with E-state index in [0.717, 1.165) is 0 Å². The molecule has 4 nitrogen and oxygen atoms in total. The number of rotatable bonds is 4. The van der Waals surface area contributed by atoms with Crippen LogP contribution in [0.3, 0.4) is 0 Å². The third kappa shape index (κ3) is 4.07. The first-order valence-electron chi connectivity index (χ1n) is 6.51. The van der Waals surface area contributed by atoms with Gasteiger partial charge in [0.05, 0.1) is 16.2 Å². The molecule has 0 atom stereocenters. The lowest BCUT2D eigenvalue weighted by Gasteiger charge is -2.18. The van der Waals surface area contributed by atoms with E-state index >= 15 is 0 Å². The predicted octanol–water partition coefficient (Wildman–Crippen LogP) is 3.21. The molecule has 1 rings (SSSR count). The molecule has 0 unspecified atom stereocenters. The molecular weight excluding hydrogens is 276 g/mol. The Morgan fingerprint density at radius 1 is 1.20 bits per heavy atom. The fourth-order valence-corrected chi connectivity index (χ4v) is 3.86. The van der Waals surface area contributed by atoms with Gasteiger partial charge in [0.1, 0.15) is 0 Å². The summed E-state index contributed by atoms with van der Waals surface area (Å²) in [6, 6.07) is 2.77. The smallest absolute Gasteiger partial charge is 0.335 e. The Hall–Kier alpha value is -1.36. The predicted molar refractivity (Wildman–Crippen MR) is 79.0 cm³/mol. The maximum atomic E-state index is 12.4. The summed E-state index contributed by atoms with van der Waals surface area (Å²) in [5, 5.41) is 9.05. The van der Waals surface area contributed by atoms with Gasteiger partial charge in [-0.3, -0.25) is 0 Å². The van der Waals surface area contributed by atoms with Crippen molar-refractivity contribution in [2.45, 2.75) is 45.9 Å². The zero-order valence-corrected chi connectivity index (χ0v) is 13.5. The number of hydrogen-bond acceptors (Lipinski definition) is 3. The SMILES string of the molecule is Cc1cc(C(=O)O)cc(S(=O)(=O)CCC(C)(C)C)c1C. The highest BCUT2D eigenvalue weighted by Gasteiger charge is 2.23. The van der Waals surface area contributed by atoms with Gasteiger partial charge in [-0.05, 0) is 48.9 Å². The third-order valence-corrected chi connectivity index (χ3v) is 5.16. The summed E-state index contributed by atoms with van der Waals surface area (Å²) >= 11 is 0. The highest BCUT2D eigenvalue weighted by molar-refractivity contribution is 7.91. The van der Waals surface area contributed by atoms with E-state index in [9.17, 15) is 13.2 Å². The van der Waals surface area contributed by atoms with Gasteiger partial charge < -0.3 is 5.11 Å². The number of aromatic carboxylic acids is 1. The topological polar surface area (TPSA) is 71.4 Å². The monoisotopic (exact) mass is 298 g/mol. The van der Waals surface area contributed by atoms with Gasteiger partial charge in [0.25, 0.3) is 0 Å². The van der Waals surface area contributed by atoms with E-state index in [1.165, 1.54) is 12.1 Å². The van der Waals surface area contributed by atoms with Crippen LogP contribution in [-0.4, -0.2) is 25.2 Å². The highest BCUT2D eigenvalue weighted by Crippen LogP contribution is 2.26. The molecule has 0 saturated heterocycles. The molecule has 0 amide bonds. The van der Waals surface area contributed by atoms with Crippen LogP contribution in [0.1, 0.15) is 48.7 Å². The standard InChI is InChI=1S/C15H22O4S/c1-10-8-12(14(16)17)9-13(11(10)2)20(18,19)7-6-15(3,4)5/h8-9H,6-7H2,1-5H3,(H,16,17). The van der Waals surface area contributed by atoms with Crippen molar-refractivity contribution in [1.82, 2.24) is 0 Å². The van der Waals surface area contributed by atoms with Crippen LogP contribution in [0.5, 0.6) is 0 Å². The number of carboxylic acid groups (broad SMARTS) is 1. The molecule has 0 aliphatic rings. The maximum absolute atomic E-state index is 12.4. The molecular formula is C15H22O4S. The average Bonchev–Trinajstić information content (AvgIpc) is 2.28. The molecule has 0 spiro atoms. The van der Waals surface area contributed by atoms with Gasteiger partial charge in [0.15, 0.2) is 9.84 Å². The first-order chi connectivity index (χ1) is 8.94. The van der Waals surface area contributed by atoms with Gasteiger partial charge >= 0.3 is 5.97 Å². The number of carbonyl (C=O) groups is 1. The molecule has 5 heteroatoms. The molecule has 0 fully saturated rings. The average molecular weight is 298 g/mol. The van der Waals surface area contributed by atoms with Crippen molar-refractivity contribution in [3.05, 3.63) is 28.8 Å².